The highest BCUT2D eigenvalue weighted by molar-refractivity contribution is 6.07. The number of carbonyl (C=O) groups excluding carboxylic acids is 1. The Bertz CT molecular complexity index is 640. The predicted molar refractivity (Wildman–Crippen MR) is 79.3 cm³/mol. The van der Waals surface area contributed by atoms with Crippen molar-refractivity contribution in [3.63, 3.8) is 0 Å². The van der Waals surface area contributed by atoms with Crippen molar-refractivity contribution in [2.75, 3.05) is 17.2 Å². The van der Waals surface area contributed by atoms with E-state index < -0.39 is 0 Å². The van der Waals surface area contributed by atoms with Gasteiger partial charge in [-0.05, 0) is 49.7 Å². The molecule has 0 aromatic heterocycles. The Kier molecular flexibility index (Phi) is 4.03. The van der Waals surface area contributed by atoms with Crippen LogP contribution in [-0.2, 0) is 0 Å². The van der Waals surface area contributed by atoms with Crippen molar-refractivity contribution in [2.45, 2.75) is 13.8 Å². The molecule has 2 rings (SSSR count). The van der Waals surface area contributed by atoms with Gasteiger partial charge in [-0.25, -0.2) is 4.39 Å². The summed E-state index contributed by atoms with van der Waals surface area (Å²) in [7, 11) is 0. The summed E-state index contributed by atoms with van der Waals surface area (Å²) in [6, 6.07) is 11.6. The highest BCUT2D eigenvalue weighted by Crippen LogP contribution is 2.24. The fourth-order valence-corrected chi connectivity index (χ4v) is 2.09. The van der Waals surface area contributed by atoms with E-state index in [2.05, 4.69) is 0 Å². The molecule has 2 N–H and O–H groups in total. The lowest BCUT2D eigenvalue weighted by Crippen LogP contribution is -2.31. The van der Waals surface area contributed by atoms with Crippen molar-refractivity contribution in [2.24, 2.45) is 0 Å². The summed E-state index contributed by atoms with van der Waals surface area (Å²) in [5.41, 5.74) is 8.03. The number of halogens is 1. The molecule has 3 nitrogen and oxygen atoms in total. The molecule has 1 amide bonds. The van der Waals surface area contributed by atoms with Crippen LogP contribution in [0, 0.1) is 12.7 Å². The lowest BCUT2D eigenvalue weighted by Gasteiger charge is -2.22. The number of hydrogen-bond donors (Lipinski definition) is 1. The van der Waals surface area contributed by atoms with Gasteiger partial charge in [-0.15, -0.1) is 0 Å². The van der Waals surface area contributed by atoms with Crippen LogP contribution < -0.4 is 10.6 Å². The van der Waals surface area contributed by atoms with Crippen molar-refractivity contribution in [1.29, 1.82) is 0 Å². The Labute approximate surface area is 117 Å². The molecule has 0 aliphatic rings. The minimum atomic E-state index is -0.316. The van der Waals surface area contributed by atoms with Crippen molar-refractivity contribution in [3.8, 4) is 0 Å². The molecule has 0 bridgehead atoms. The van der Waals surface area contributed by atoms with E-state index in [4.69, 9.17) is 5.73 Å². The summed E-state index contributed by atoms with van der Waals surface area (Å²) in [5, 5.41) is 0. The third-order valence-electron chi connectivity index (χ3n) is 3.19. The highest BCUT2D eigenvalue weighted by atomic mass is 19.1. The maximum Gasteiger partial charge on any atom is 0.258 e. The first-order valence-corrected chi connectivity index (χ1v) is 6.47. The molecule has 0 fully saturated rings. The van der Waals surface area contributed by atoms with Gasteiger partial charge in [0, 0.05) is 12.1 Å². The number of aryl methyl sites for hydroxylation is 1. The fourth-order valence-electron chi connectivity index (χ4n) is 2.09. The average molecular weight is 272 g/mol. The van der Waals surface area contributed by atoms with Crippen LogP contribution in [0.1, 0.15) is 22.8 Å². The third-order valence-corrected chi connectivity index (χ3v) is 3.19. The van der Waals surface area contributed by atoms with E-state index >= 15 is 0 Å². The predicted octanol–water partition coefficient (Wildman–Crippen LogP) is 3.38. The summed E-state index contributed by atoms with van der Waals surface area (Å²) in [5.74, 6) is -0.502. The van der Waals surface area contributed by atoms with Gasteiger partial charge in [0.2, 0.25) is 0 Å². The zero-order valence-corrected chi connectivity index (χ0v) is 11.6. The Morgan fingerprint density at radius 3 is 2.55 bits per heavy atom. The van der Waals surface area contributed by atoms with Crippen LogP contribution in [-0.4, -0.2) is 12.5 Å². The molecule has 0 aliphatic carbocycles. The zero-order valence-electron chi connectivity index (χ0n) is 11.6. The molecule has 20 heavy (non-hydrogen) atoms. The number of anilines is 2. The van der Waals surface area contributed by atoms with Gasteiger partial charge in [0.15, 0.2) is 0 Å². The zero-order chi connectivity index (χ0) is 14.7. The second-order valence-corrected chi connectivity index (χ2v) is 4.57. The maximum absolute atomic E-state index is 13.3. The second-order valence-electron chi connectivity index (χ2n) is 4.57. The van der Waals surface area contributed by atoms with E-state index in [9.17, 15) is 9.18 Å². The molecule has 0 spiro atoms. The maximum atomic E-state index is 13.3. The average Bonchev–Trinajstić information content (AvgIpc) is 2.44. The van der Waals surface area contributed by atoms with Crippen LogP contribution >= 0.6 is 0 Å². The van der Waals surface area contributed by atoms with Crippen molar-refractivity contribution in [1.82, 2.24) is 0 Å². The standard InChI is InChI=1S/C16H17FN2O/c1-3-19(15-7-5-4-6-14(15)18)16(20)12-8-9-13(17)11(2)10-12/h4-10H,3,18H2,1-2H3. The van der Waals surface area contributed by atoms with Gasteiger partial charge < -0.3 is 10.6 Å². The lowest BCUT2D eigenvalue weighted by atomic mass is 10.1. The SMILES string of the molecule is CCN(C(=O)c1ccc(F)c(C)c1)c1ccccc1N. The first-order chi connectivity index (χ1) is 9.54. The largest absolute Gasteiger partial charge is 0.397 e. The topological polar surface area (TPSA) is 46.3 Å². The molecular formula is C16H17FN2O. The van der Waals surface area contributed by atoms with E-state index in [1.165, 1.54) is 12.1 Å². The number of hydrogen-bond acceptors (Lipinski definition) is 2. The molecule has 0 atom stereocenters. The van der Waals surface area contributed by atoms with E-state index in [-0.39, 0.29) is 11.7 Å². The molecule has 104 valence electrons. The first-order valence-electron chi connectivity index (χ1n) is 6.47. The molecule has 0 heterocycles. The number of nitrogen functional groups attached to an aromatic ring is 1. The molecular weight excluding hydrogens is 255 g/mol. The summed E-state index contributed by atoms with van der Waals surface area (Å²) in [6.07, 6.45) is 0. The van der Waals surface area contributed by atoms with Crippen molar-refractivity contribution < 1.29 is 9.18 Å². The van der Waals surface area contributed by atoms with Gasteiger partial charge in [-0.3, -0.25) is 4.79 Å². The molecule has 2 aromatic rings. The number of nitrogens with two attached hydrogens (primary N) is 1. The molecule has 4 heteroatoms. The highest BCUT2D eigenvalue weighted by Gasteiger charge is 2.18. The molecule has 0 radical (unpaired) electrons. The lowest BCUT2D eigenvalue weighted by molar-refractivity contribution is 0.0988. The smallest absolute Gasteiger partial charge is 0.258 e. The van der Waals surface area contributed by atoms with Gasteiger partial charge >= 0.3 is 0 Å². The van der Waals surface area contributed by atoms with Gasteiger partial charge in [-0.1, -0.05) is 12.1 Å². The third kappa shape index (κ3) is 2.64. The van der Waals surface area contributed by atoms with E-state index in [0.717, 1.165) is 0 Å². The van der Waals surface area contributed by atoms with Crippen LogP contribution in [0.4, 0.5) is 15.8 Å². The monoisotopic (exact) mass is 272 g/mol. The summed E-state index contributed by atoms with van der Waals surface area (Å²) >= 11 is 0. The molecule has 0 aliphatic heterocycles. The summed E-state index contributed by atoms with van der Waals surface area (Å²) < 4.78 is 13.3. The van der Waals surface area contributed by atoms with Crippen LogP contribution in [0.25, 0.3) is 0 Å². The minimum Gasteiger partial charge on any atom is -0.397 e. The summed E-state index contributed by atoms with van der Waals surface area (Å²) in [4.78, 5) is 14.1. The molecule has 0 unspecified atom stereocenters. The number of carbonyl (C=O) groups is 1. The van der Waals surface area contributed by atoms with Gasteiger partial charge in [0.05, 0.1) is 11.4 Å². The number of amides is 1. The van der Waals surface area contributed by atoms with Gasteiger partial charge in [0.1, 0.15) is 5.82 Å². The van der Waals surface area contributed by atoms with E-state index in [1.807, 2.05) is 19.1 Å². The number of para-hydroxylation sites is 2. The van der Waals surface area contributed by atoms with Crippen LogP contribution in [0.3, 0.4) is 0 Å². The number of rotatable bonds is 3. The van der Waals surface area contributed by atoms with Crippen molar-refractivity contribution in [3.05, 3.63) is 59.4 Å². The first kappa shape index (κ1) is 14.1. The Morgan fingerprint density at radius 2 is 1.95 bits per heavy atom. The van der Waals surface area contributed by atoms with Crippen LogP contribution in [0.15, 0.2) is 42.5 Å². The second kappa shape index (κ2) is 5.74. The van der Waals surface area contributed by atoms with Gasteiger partial charge in [-0.2, -0.15) is 0 Å². The number of nitrogens with zero attached hydrogens (tertiary/aromatic N) is 1. The minimum absolute atomic E-state index is 0.187. The quantitative estimate of drug-likeness (QED) is 0.871. The Hall–Kier alpha value is -2.36. The Balaban J connectivity index is 2.39. The van der Waals surface area contributed by atoms with Crippen molar-refractivity contribution >= 4 is 17.3 Å². The molecule has 0 saturated carbocycles. The van der Waals surface area contributed by atoms with Crippen LogP contribution in [0.5, 0.6) is 0 Å². The van der Waals surface area contributed by atoms with E-state index in [0.29, 0.717) is 29.0 Å². The number of benzene rings is 2. The molecule has 2 aromatic carbocycles. The summed E-state index contributed by atoms with van der Waals surface area (Å²) in [6.45, 7) is 4.00. The van der Waals surface area contributed by atoms with Crippen LogP contribution in [0.2, 0.25) is 0 Å². The van der Waals surface area contributed by atoms with Gasteiger partial charge in [0.25, 0.3) is 5.91 Å². The normalized spacial score (nSPS) is 10.3. The van der Waals surface area contributed by atoms with E-state index in [1.54, 1.807) is 30.0 Å². The Morgan fingerprint density at radius 1 is 1.25 bits per heavy atom. The molecule has 0 saturated heterocycles. The fraction of sp³-hybridized carbons (Fsp3) is 0.188.